The Hall–Kier alpha value is -3.41. The van der Waals surface area contributed by atoms with Gasteiger partial charge >= 0.3 is 0 Å². The molecule has 1 aliphatic rings. The van der Waals surface area contributed by atoms with Crippen LogP contribution in [0, 0.1) is 0 Å². The van der Waals surface area contributed by atoms with E-state index in [1.54, 1.807) is 19.2 Å². The van der Waals surface area contributed by atoms with Crippen LogP contribution in [0.3, 0.4) is 0 Å². The third kappa shape index (κ3) is 4.71. The summed E-state index contributed by atoms with van der Waals surface area (Å²) < 4.78 is 10.9. The third-order valence-electron chi connectivity index (χ3n) is 5.01. The van der Waals surface area contributed by atoms with Crippen molar-refractivity contribution >= 4 is 5.91 Å². The summed E-state index contributed by atoms with van der Waals surface area (Å²) in [5.41, 5.74) is 2.15. The largest absolute Gasteiger partial charge is 0.497 e. The van der Waals surface area contributed by atoms with Crippen LogP contribution >= 0.6 is 0 Å². The predicted molar refractivity (Wildman–Crippen MR) is 110 cm³/mol. The first kappa shape index (κ1) is 18.9. The monoisotopic (exact) mass is 389 g/mol. The molecule has 1 aromatic heterocycles. The van der Waals surface area contributed by atoms with Crippen molar-refractivity contribution in [3.63, 3.8) is 0 Å². The fourth-order valence-electron chi connectivity index (χ4n) is 3.47. The number of methoxy groups -OCH3 is 1. The van der Waals surface area contributed by atoms with Crippen LogP contribution in [0.15, 0.2) is 60.7 Å². The second-order valence-corrected chi connectivity index (χ2v) is 7.07. The van der Waals surface area contributed by atoms with Gasteiger partial charge in [-0.3, -0.25) is 4.79 Å². The maximum atomic E-state index is 12.5. The molecule has 6 heteroatoms. The van der Waals surface area contributed by atoms with Crippen LogP contribution in [0.25, 0.3) is 11.3 Å². The summed E-state index contributed by atoms with van der Waals surface area (Å²) in [6.45, 7) is 0. The van der Waals surface area contributed by atoms with Crippen molar-refractivity contribution in [3.05, 3.63) is 66.2 Å². The number of carbonyl (C=O) groups is 1. The number of hydrogen-bond acceptors (Lipinski definition) is 5. The van der Waals surface area contributed by atoms with Crippen LogP contribution in [0.5, 0.6) is 17.4 Å². The van der Waals surface area contributed by atoms with Gasteiger partial charge in [0.25, 0.3) is 5.91 Å². The van der Waals surface area contributed by atoms with E-state index >= 15 is 0 Å². The number of nitrogens with zero attached hydrogens (tertiary/aromatic N) is 2. The zero-order chi connectivity index (χ0) is 20.1. The zero-order valence-electron chi connectivity index (χ0n) is 16.3. The summed E-state index contributed by atoms with van der Waals surface area (Å²) >= 11 is 0. The van der Waals surface area contributed by atoms with E-state index in [1.807, 2.05) is 48.5 Å². The van der Waals surface area contributed by atoms with Crippen molar-refractivity contribution in [1.29, 1.82) is 0 Å². The number of carbonyl (C=O) groups excluding carboxylic acids is 1. The Morgan fingerprint density at radius 1 is 0.966 bits per heavy atom. The number of amides is 1. The molecule has 1 fully saturated rings. The summed E-state index contributed by atoms with van der Waals surface area (Å²) in [5.74, 6) is 1.68. The van der Waals surface area contributed by atoms with E-state index in [2.05, 4.69) is 15.5 Å². The third-order valence-corrected chi connectivity index (χ3v) is 5.01. The summed E-state index contributed by atoms with van der Waals surface area (Å²) in [7, 11) is 1.61. The molecule has 148 valence electrons. The minimum Gasteiger partial charge on any atom is -0.497 e. The van der Waals surface area contributed by atoms with Gasteiger partial charge in [0.1, 0.15) is 11.5 Å². The van der Waals surface area contributed by atoms with Crippen LogP contribution in [0.4, 0.5) is 0 Å². The van der Waals surface area contributed by atoms with Crippen LogP contribution in [0.2, 0.25) is 0 Å². The molecule has 1 saturated carbocycles. The molecule has 2 aromatic carbocycles. The topological polar surface area (TPSA) is 73.3 Å². The highest BCUT2D eigenvalue weighted by molar-refractivity contribution is 5.95. The molecule has 1 amide bonds. The van der Waals surface area contributed by atoms with Gasteiger partial charge in [0.2, 0.25) is 5.88 Å². The summed E-state index contributed by atoms with van der Waals surface area (Å²) in [4.78, 5) is 12.5. The van der Waals surface area contributed by atoms with Crippen LogP contribution in [-0.2, 0) is 0 Å². The van der Waals surface area contributed by atoms with Crippen molar-refractivity contribution < 1.29 is 14.3 Å². The van der Waals surface area contributed by atoms with Crippen LogP contribution < -0.4 is 14.8 Å². The van der Waals surface area contributed by atoms with Gasteiger partial charge in [-0.2, -0.15) is 0 Å². The molecule has 1 heterocycles. The van der Waals surface area contributed by atoms with E-state index in [-0.39, 0.29) is 5.91 Å². The standard InChI is InChI=1S/C23H23N3O3/c1-28-19-10-5-11-20(15-19)29-22-13-12-21(25-26-22)16-6-4-7-17(14-16)23(27)24-18-8-2-3-9-18/h4-7,10-15,18H,2-3,8-9H2,1H3,(H,24,27). The Balaban J connectivity index is 1.46. The van der Waals surface area contributed by atoms with Crippen molar-refractivity contribution in [2.75, 3.05) is 7.11 Å². The lowest BCUT2D eigenvalue weighted by atomic mass is 10.1. The minimum absolute atomic E-state index is 0.0373. The number of aromatic nitrogens is 2. The lowest BCUT2D eigenvalue weighted by molar-refractivity contribution is 0.0938. The first-order valence-electron chi connectivity index (χ1n) is 9.78. The van der Waals surface area contributed by atoms with Gasteiger partial charge in [-0.05, 0) is 43.2 Å². The molecule has 0 radical (unpaired) electrons. The number of benzene rings is 2. The van der Waals surface area contributed by atoms with Crippen molar-refractivity contribution in [1.82, 2.24) is 15.5 Å². The highest BCUT2D eigenvalue weighted by Gasteiger charge is 2.18. The van der Waals surface area contributed by atoms with E-state index in [0.29, 0.717) is 34.7 Å². The summed E-state index contributed by atoms with van der Waals surface area (Å²) in [6.07, 6.45) is 4.49. The van der Waals surface area contributed by atoms with E-state index in [4.69, 9.17) is 9.47 Å². The van der Waals surface area contributed by atoms with E-state index in [0.717, 1.165) is 18.4 Å². The van der Waals surface area contributed by atoms with Gasteiger partial charge in [-0.15, -0.1) is 10.2 Å². The van der Waals surface area contributed by atoms with Crippen molar-refractivity contribution in [3.8, 4) is 28.6 Å². The Bertz CT molecular complexity index is 983. The molecular weight excluding hydrogens is 366 g/mol. The molecule has 4 rings (SSSR count). The number of hydrogen-bond donors (Lipinski definition) is 1. The first-order chi connectivity index (χ1) is 14.2. The Labute approximate surface area is 169 Å². The van der Waals surface area contributed by atoms with Crippen LogP contribution in [-0.4, -0.2) is 29.3 Å². The quantitative estimate of drug-likeness (QED) is 0.666. The second-order valence-electron chi connectivity index (χ2n) is 7.07. The lowest BCUT2D eigenvalue weighted by Crippen LogP contribution is -2.32. The van der Waals surface area contributed by atoms with Crippen LogP contribution in [0.1, 0.15) is 36.0 Å². The normalized spacial score (nSPS) is 13.8. The minimum atomic E-state index is -0.0373. The number of ether oxygens (including phenoxy) is 2. The van der Waals surface area contributed by atoms with Crippen molar-refractivity contribution in [2.24, 2.45) is 0 Å². The molecule has 0 aliphatic heterocycles. The molecule has 0 unspecified atom stereocenters. The Morgan fingerprint density at radius 2 is 1.76 bits per heavy atom. The lowest BCUT2D eigenvalue weighted by Gasteiger charge is -2.12. The maximum Gasteiger partial charge on any atom is 0.251 e. The fourth-order valence-corrected chi connectivity index (χ4v) is 3.47. The van der Waals surface area contributed by atoms with Gasteiger partial charge in [0, 0.05) is 29.3 Å². The van der Waals surface area contributed by atoms with Gasteiger partial charge < -0.3 is 14.8 Å². The molecule has 1 N–H and O–H groups in total. The molecular formula is C23H23N3O3. The molecule has 0 atom stereocenters. The molecule has 1 aliphatic carbocycles. The van der Waals surface area contributed by atoms with Gasteiger partial charge in [-0.1, -0.05) is 31.0 Å². The molecule has 0 bridgehead atoms. The summed E-state index contributed by atoms with van der Waals surface area (Å²) in [5, 5.41) is 11.5. The molecule has 3 aromatic rings. The first-order valence-corrected chi connectivity index (χ1v) is 9.78. The van der Waals surface area contributed by atoms with E-state index in [1.165, 1.54) is 12.8 Å². The van der Waals surface area contributed by atoms with Crippen molar-refractivity contribution in [2.45, 2.75) is 31.7 Å². The predicted octanol–water partition coefficient (Wildman–Crippen LogP) is 4.62. The molecule has 0 saturated heterocycles. The van der Waals surface area contributed by atoms with Gasteiger partial charge in [0.05, 0.1) is 12.8 Å². The number of rotatable bonds is 6. The molecule has 29 heavy (non-hydrogen) atoms. The zero-order valence-corrected chi connectivity index (χ0v) is 16.3. The Morgan fingerprint density at radius 3 is 2.52 bits per heavy atom. The van der Waals surface area contributed by atoms with Gasteiger partial charge in [-0.25, -0.2) is 0 Å². The van der Waals surface area contributed by atoms with E-state index in [9.17, 15) is 4.79 Å². The van der Waals surface area contributed by atoms with E-state index < -0.39 is 0 Å². The summed E-state index contributed by atoms with van der Waals surface area (Å²) in [6, 6.07) is 18.6. The highest BCUT2D eigenvalue weighted by Crippen LogP contribution is 2.25. The fraction of sp³-hybridized carbons (Fsp3) is 0.261. The SMILES string of the molecule is COc1cccc(Oc2ccc(-c3cccc(C(=O)NC4CCCC4)c3)nn2)c1. The van der Waals surface area contributed by atoms with Gasteiger partial charge in [0.15, 0.2) is 0 Å². The average molecular weight is 389 g/mol. The number of nitrogens with one attached hydrogen (secondary N) is 1. The maximum absolute atomic E-state index is 12.5. The highest BCUT2D eigenvalue weighted by atomic mass is 16.5. The molecule has 0 spiro atoms. The average Bonchev–Trinajstić information content (AvgIpc) is 3.27. The molecule has 6 nitrogen and oxygen atoms in total. The second kappa shape index (κ2) is 8.73. The Kier molecular flexibility index (Phi) is 5.70. The smallest absolute Gasteiger partial charge is 0.251 e.